The van der Waals surface area contributed by atoms with Crippen LogP contribution in [0.25, 0.3) is 10.9 Å². The van der Waals surface area contributed by atoms with Crippen molar-refractivity contribution in [3.63, 3.8) is 0 Å². The summed E-state index contributed by atoms with van der Waals surface area (Å²) in [4.78, 5) is 4.09. The number of aromatic nitrogens is 1. The quantitative estimate of drug-likeness (QED) is 0.745. The molecule has 0 atom stereocenters. The van der Waals surface area contributed by atoms with Crippen LogP contribution in [0.5, 0.6) is 5.75 Å². The average molecular weight is 268 g/mol. The van der Waals surface area contributed by atoms with Crippen molar-refractivity contribution < 1.29 is 5.11 Å². The Morgan fingerprint density at radius 1 is 1.25 bits per heavy atom. The number of halogens is 1. The molecule has 0 saturated carbocycles. The van der Waals surface area contributed by atoms with Gasteiger partial charge in [-0.3, -0.25) is 4.98 Å². The van der Waals surface area contributed by atoms with Crippen molar-refractivity contribution in [3.8, 4) is 5.75 Å². The van der Waals surface area contributed by atoms with E-state index in [1.807, 2.05) is 24.3 Å². The largest absolute Gasteiger partial charge is 0.505 e. The van der Waals surface area contributed by atoms with E-state index in [4.69, 9.17) is 0 Å². The highest BCUT2D eigenvalue weighted by molar-refractivity contribution is 14.1. The van der Waals surface area contributed by atoms with Gasteiger partial charge >= 0.3 is 0 Å². The van der Waals surface area contributed by atoms with Gasteiger partial charge in [-0.05, 0) is 34.7 Å². The topological polar surface area (TPSA) is 33.1 Å². The van der Waals surface area contributed by atoms with Crippen molar-refractivity contribution in [3.05, 3.63) is 34.0 Å². The van der Waals surface area contributed by atoms with Crippen molar-refractivity contribution in [1.82, 2.24) is 4.98 Å². The van der Waals surface area contributed by atoms with Gasteiger partial charge in [-0.25, -0.2) is 0 Å². The van der Waals surface area contributed by atoms with Crippen LogP contribution in [-0.2, 0) is 0 Å². The Bertz CT molecular complexity index is 428. The SMILES string of the molecule is Oc1c([124I])ccc2cccnc12. The van der Waals surface area contributed by atoms with Crippen molar-refractivity contribution in [2.45, 2.75) is 0 Å². The third kappa shape index (κ3) is 1.14. The predicted molar refractivity (Wildman–Crippen MR) is 56.1 cm³/mol. The first-order chi connectivity index (χ1) is 5.79. The lowest BCUT2D eigenvalue weighted by atomic mass is 10.2. The maximum atomic E-state index is 9.59. The first kappa shape index (κ1) is 7.79. The van der Waals surface area contributed by atoms with E-state index in [-0.39, 0.29) is 5.75 Å². The lowest BCUT2D eigenvalue weighted by Gasteiger charge is -2.00. The minimum Gasteiger partial charge on any atom is -0.505 e. The number of fused-ring (bicyclic) bond motifs is 1. The zero-order valence-corrected chi connectivity index (χ0v) is 8.32. The van der Waals surface area contributed by atoms with Gasteiger partial charge in [0.2, 0.25) is 0 Å². The van der Waals surface area contributed by atoms with Gasteiger partial charge in [0.25, 0.3) is 0 Å². The smallest absolute Gasteiger partial charge is 0.155 e. The molecule has 0 amide bonds. The second kappa shape index (κ2) is 2.90. The molecule has 1 N–H and O–H groups in total. The summed E-state index contributed by atoms with van der Waals surface area (Å²) in [6.07, 6.45) is 1.68. The van der Waals surface area contributed by atoms with E-state index in [2.05, 4.69) is 27.6 Å². The molecule has 3 heteroatoms. The Balaban J connectivity index is 2.91. The minimum atomic E-state index is 0.272. The molecule has 0 saturated heterocycles. The molecule has 12 heavy (non-hydrogen) atoms. The van der Waals surface area contributed by atoms with Gasteiger partial charge in [0.05, 0.1) is 3.57 Å². The summed E-state index contributed by atoms with van der Waals surface area (Å²) in [5.41, 5.74) is 0.671. The monoisotopic (exact) mass is 268 g/mol. The number of benzene rings is 1. The zero-order valence-electron chi connectivity index (χ0n) is 6.16. The van der Waals surface area contributed by atoms with Crippen molar-refractivity contribution in [1.29, 1.82) is 0 Å². The molecule has 1 heterocycles. The Morgan fingerprint density at radius 3 is 2.92 bits per heavy atom. The number of pyridine rings is 1. The molecular formula is C9H6INO. The van der Waals surface area contributed by atoms with Crippen LogP contribution in [0.3, 0.4) is 0 Å². The van der Waals surface area contributed by atoms with Crippen LogP contribution in [0.1, 0.15) is 0 Å². The van der Waals surface area contributed by atoms with Gasteiger partial charge in [0, 0.05) is 11.6 Å². The van der Waals surface area contributed by atoms with Crippen molar-refractivity contribution in [2.24, 2.45) is 0 Å². The molecule has 0 aliphatic rings. The van der Waals surface area contributed by atoms with Gasteiger partial charge < -0.3 is 5.11 Å². The number of hydrogen-bond acceptors (Lipinski definition) is 2. The molecule has 2 rings (SSSR count). The van der Waals surface area contributed by atoms with E-state index in [9.17, 15) is 5.11 Å². The third-order valence-corrected chi connectivity index (χ3v) is 2.57. The predicted octanol–water partition coefficient (Wildman–Crippen LogP) is 2.55. The second-order valence-corrected chi connectivity index (χ2v) is 3.63. The fourth-order valence-electron chi connectivity index (χ4n) is 1.11. The molecule has 0 radical (unpaired) electrons. The normalized spacial score (nSPS) is 10.4. The maximum absolute atomic E-state index is 9.59. The third-order valence-electron chi connectivity index (χ3n) is 1.70. The van der Waals surface area contributed by atoms with Crippen LogP contribution < -0.4 is 0 Å². The van der Waals surface area contributed by atoms with Gasteiger partial charge in [-0.2, -0.15) is 0 Å². The summed E-state index contributed by atoms with van der Waals surface area (Å²) in [5, 5.41) is 10.6. The summed E-state index contributed by atoms with van der Waals surface area (Å²) in [6, 6.07) is 7.61. The number of phenols is 1. The molecule has 0 aliphatic carbocycles. The van der Waals surface area contributed by atoms with Crippen LogP contribution in [0.2, 0.25) is 0 Å². The molecule has 60 valence electrons. The molecule has 0 spiro atoms. The van der Waals surface area contributed by atoms with E-state index >= 15 is 0 Å². The van der Waals surface area contributed by atoms with E-state index < -0.39 is 0 Å². The molecule has 2 aromatic rings. The fraction of sp³-hybridized carbons (Fsp3) is 0. The van der Waals surface area contributed by atoms with E-state index in [1.54, 1.807) is 6.20 Å². The van der Waals surface area contributed by atoms with Crippen LogP contribution in [-0.4, -0.2) is 10.1 Å². The summed E-state index contributed by atoms with van der Waals surface area (Å²) in [5.74, 6) is 0.272. The maximum Gasteiger partial charge on any atom is 0.155 e. The van der Waals surface area contributed by atoms with Gasteiger partial charge in [0.15, 0.2) is 5.75 Å². The van der Waals surface area contributed by atoms with Crippen LogP contribution in [0.15, 0.2) is 30.5 Å². The summed E-state index contributed by atoms with van der Waals surface area (Å²) < 4.78 is 0.832. The first-order valence-electron chi connectivity index (χ1n) is 3.51. The molecule has 0 bridgehead atoms. The number of nitrogens with zero attached hydrogens (tertiary/aromatic N) is 1. The number of hydrogen-bond donors (Lipinski definition) is 1. The van der Waals surface area contributed by atoms with Gasteiger partial charge in [-0.1, -0.05) is 12.1 Å². The molecular weight excluding hydrogens is 262 g/mol. The van der Waals surface area contributed by atoms with Gasteiger partial charge in [0.1, 0.15) is 5.52 Å². The lowest BCUT2D eigenvalue weighted by molar-refractivity contribution is 0.476. The summed E-state index contributed by atoms with van der Waals surface area (Å²) in [6.45, 7) is 0. The Morgan fingerprint density at radius 2 is 2.08 bits per heavy atom. The molecule has 1 aromatic heterocycles. The molecule has 2 nitrogen and oxygen atoms in total. The van der Waals surface area contributed by atoms with E-state index in [0.29, 0.717) is 5.52 Å². The number of aromatic hydroxyl groups is 1. The lowest BCUT2D eigenvalue weighted by Crippen LogP contribution is -1.80. The molecule has 0 aliphatic heterocycles. The first-order valence-corrected chi connectivity index (χ1v) is 4.59. The number of rotatable bonds is 0. The standard InChI is InChI=1S/C9H6INO/c10-7-4-3-6-2-1-5-11-8(6)9(7)12/h1-5,12H/i10-3. The summed E-state index contributed by atoms with van der Waals surface area (Å²) >= 11 is 2.08. The minimum absolute atomic E-state index is 0.272. The zero-order chi connectivity index (χ0) is 8.55. The molecule has 0 unspecified atom stereocenters. The van der Waals surface area contributed by atoms with E-state index in [1.165, 1.54) is 0 Å². The average Bonchev–Trinajstić information content (AvgIpc) is 2.12. The highest BCUT2D eigenvalue weighted by Crippen LogP contribution is 2.27. The molecule has 0 fully saturated rings. The summed E-state index contributed by atoms with van der Waals surface area (Å²) in [7, 11) is 0. The number of phenolic OH excluding ortho intramolecular Hbond substituents is 1. The van der Waals surface area contributed by atoms with Crippen molar-refractivity contribution in [2.75, 3.05) is 0 Å². The second-order valence-electron chi connectivity index (χ2n) is 2.47. The van der Waals surface area contributed by atoms with Crippen LogP contribution in [0.4, 0.5) is 0 Å². The van der Waals surface area contributed by atoms with Gasteiger partial charge in [-0.15, -0.1) is 0 Å². The highest BCUT2D eigenvalue weighted by atomic mass is 124. The Kier molecular flexibility index (Phi) is 1.88. The highest BCUT2D eigenvalue weighted by Gasteiger charge is 2.02. The Hall–Kier alpha value is -0.840. The fourth-order valence-corrected chi connectivity index (χ4v) is 1.54. The molecule has 1 aromatic carbocycles. The van der Waals surface area contributed by atoms with E-state index in [0.717, 1.165) is 8.96 Å². The van der Waals surface area contributed by atoms with Crippen molar-refractivity contribution >= 4 is 33.5 Å². The van der Waals surface area contributed by atoms with Crippen LogP contribution in [0, 0.1) is 3.57 Å². The van der Waals surface area contributed by atoms with Crippen LogP contribution >= 0.6 is 22.6 Å². The Labute approximate surface area is 83.4 Å².